The van der Waals surface area contributed by atoms with Crippen LogP contribution in [0.1, 0.15) is 119 Å². The molecule has 0 radical (unpaired) electrons. The Balaban J connectivity index is 1.19. The minimum atomic E-state index is 1.03. The Labute approximate surface area is 410 Å². The molecule has 0 N–H and O–H groups in total. The molecule has 0 bridgehead atoms. The molecule has 66 heavy (non-hydrogen) atoms. The Kier molecular flexibility index (Phi) is 19.0. The van der Waals surface area contributed by atoms with Crippen LogP contribution in [-0.4, -0.2) is 44.3 Å². The maximum atomic E-state index is 5.44. The Morgan fingerprint density at radius 2 is 0.545 bits per heavy atom. The third kappa shape index (κ3) is 13.0. The van der Waals surface area contributed by atoms with Gasteiger partial charge in [-0.15, -0.1) is 34.0 Å². The standard InChI is InChI=1S/C59H74N4S3/c1-7-13-37-61(38-14-8-2)49-25-19-45(20-26-49)54-31-32-57(64-54)48-43-52(58-35-33-55(65-58)46-21-27-50(28-22-46)62(39-15-9-3)40-16-10-4)60-53(44-48)59-36-34-56(66-59)47-23-29-51(30-24-47)63(41-17-11-5)42-18-12-6/h19-36,43-44H,7-18,37-42H2,1-6H3. The molecule has 0 unspecified atom stereocenters. The number of benzene rings is 3. The van der Waals surface area contributed by atoms with E-state index in [1.807, 2.05) is 34.0 Å². The van der Waals surface area contributed by atoms with Crippen molar-refractivity contribution >= 4 is 51.1 Å². The summed E-state index contributed by atoms with van der Waals surface area (Å²) >= 11 is 5.56. The van der Waals surface area contributed by atoms with Crippen molar-refractivity contribution < 1.29 is 0 Å². The smallest absolute Gasteiger partial charge is 0.0816 e. The van der Waals surface area contributed by atoms with E-state index < -0.39 is 0 Å². The lowest BCUT2D eigenvalue weighted by atomic mass is 10.1. The molecule has 0 amide bonds. The second-order valence-corrected chi connectivity index (χ2v) is 21.1. The van der Waals surface area contributed by atoms with E-state index in [1.54, 1.807) is 0 Å². The summed E-state index contributed by atoms with van der Waals surface area (Å²) in [6.45, 7) is 20.4. The van der Waals surface area contributed by atoms with E-state index in [4.69, 9.17) is 4.98 Å². The van der Waals surface area contributed by atoms with Crippen molar-refractivity contribution in [1.82, 2.24) is 4.98 Å². The van der Waals surface area contributed by atoms with Crippen molar-refractivity contribution in [3.63, 3.8) is 0 Å². The minimum absolute atomic E-state index is 1.03. The first-order chi connectivity index (χ1) is 32.4. The lowest BCUT2D eigenvalue weighted by Gasteiger charge is -2.24. The first-order valence-electron chi connectivity index (χ1n) is 25.3. The Morgan fingerprint density at radius 3 is 0.818 bits per heavy atom. The van der Waals surface area contributed by atoms with E-state index in [-0.39, 0.29) is 0 Å². The van der Waals surface area contributed by atoms with Crippen molar-refractivity contribution in [2.45, 2.75) is 119 Å². The van der Waals surface area contributed by atoms with Gasteiger partial charge < -0.3 is 14.7 Å². The topological polar surface area (TPSA) is 22.6 Å². The second-order valence-electron chi connectivity index (χ2n) is 17.8. The summed E-state index contributed by atoms with van der Waals surface area (Å²) in [5, 5.41) is 0. The van der Waals surface area contributed by atoms with Crippen LogP contribution in [0.15, 0.2) is 121 Å². The van der Waals surface area contributed by atoms with Crippen LogP contribution in [-0.2, 0) is 0 Å². The monoisotopic (exact) mass is 935 g/mol. The van der Waals surface area contributed by atoms with Crippen molar-refractivity contribution in [3.8, 4) is 62.9 Å². The largest absolute Gasteiger partial charge is 0.372 e. The molecule has 0 fully saturated rings. The molecule has 0 saturated carbocycles. The zero-order chi connectivity index (χ0) is 46.1. The molecular weight excluding hydrogens is 861 g/mol. The van der Waals surface area contributed by atoms with Crippen LogP contribution in [0.5, 0.6) is 0 Å². The molecule has 348 valence electrons. The molecule has 0 spiro atoms. The van der Waals surface area contributed by atoms with Crippen molar-refractivity contribution in [2.24, 2.45) is 0 Å². The average Bonchev–Trinajstić information content (AvgIpc) is 4.18. The number of rotatable bonds is 27. The molecule has 0 atom stereocenters. The minimum Gasteiger partial charge on any atom is -0.372 e. The fourth-order valence-corrected chi connectivity index (χ4v) is 11.5. The summed E-state index contributed by atoms with van der Waals surface area (Å²) in [7, 11) is 0. The van der Waals surface area contributed by atoms with Gasteiger partial charge in [0.15, 0.2) is 0 Å². The van der Waals surface area contributed by atoms with Crippen LogP contribution in [0, 0.1) is 0 Å². The van der Waals surface area contributed by atoms with Crippen molar-refractivity contribution in [2.75, 3.05) is 54.0 Å². The highest BCUT2D eigenvalue weighted by molar-refractivity contribution is 7.19. The predicted molar refractivity (Wildman–Crippen MR) is 297 cm³/mol. The van der Waals surface area contributed by atoms with Gasteiger partial charge in [-0.05, 0) is 146 Å². The molecule has 0 aliphatic carbocycles. The molecule has 7 rings (SSSR count). The van der Waals surface area contributed by atoms with E-state index in [0.29, 0.717) is 0 Å². The van der Waals surface area contributed by atoms with Gasteiger partial charge >= 0.3 is 0 Å². The van der Waals surface area contributed by atoms with Crippen LogP contribution in [0.4, 0.5) is 17.1 Å². The zero-order valence-corrected chi connectivity index (χ0v) is 43.2. The molecule has 0 saturated heterocycles. The van der Waals surface area contributed by atoms with Gasteiger partial charge in [0.25, 0.3) is 0 Å². The predicted octanol–water partition coefficient (Wildman–Crippen LogP) is 18.5. The third-order valence-corrected chi connectivity index (χ3v) is 16.2. The van der Waals surface area contributed by atoms with Gasteiger partial charge in [-0.25, -0.2) is 4.98 Å². The van der Waals surface area contributed by atoms with Gasteiger partial charge in [-0.2, -0.15) is 0 Å². The molecular formula is C59H74N4S3. The maximum Gasteiger partial charge on any atom is 0.0816 e. The summed E-state index contributed by atoms with van der Waals surface area (Å²) in [6.07, 6.45) is 14.6. The summed E-state index contributed by atoms with van der Waals surface area (Å²) in [4.78, 5) is 20.6. The molecule has 7 aromatic rings. The Bertz CT molecular complexity index is 2160. The number of thiophene rings is 3. The normalized spacial score (nSPS) is 11.4. The lowest BCUT2D eigenvalue weighted by Crippen LogP contribution is -2.25. The van der Waals surface area contributed by atoms with Gasteiger partial charge in [0.1, 0.15) is 0 Å². The molecule has 0 aliphatic rings. The maximum absolute atomic E-state index is 5.44. The highest BCUT2D eigenvalue weighted by Gasteiger charge is 2.17. The van der Waals surface area contributed by atoms with Crippen LogP contribution < -0.4 is 14.7 Å². The number of unbranched alkanes of at least 4 members (excludes halogenated alkanes) is 6. The number of pyridine rings is 1. The number of anilines is 3. The van der Waals surface area contributed by atoms with Crippen molar-refractivity contribution in [3.05, 3.63) is 121 Å². The SMILES string of the molecule is CCCCN(CCCC)c1ccc(-c2ccc(-c3cc(-c4ccc(-c5ccc(N(CCCC)CCCC)cc5)s4)nc(-c4ccc(-c5ccc(N(CCCC)CCCC)cc5)s4)c3)s2)cc1. The quantitative estimate of drug-likeness (QED) is 0.0512. The zero-order valence-electron chi connectivity index (χ0n) is 40.8. The number of hydrogen-bond donors (Lipinski definition) is 0. The second kappa shape index (κ2) is 25.4. The van der Waals surface area contributed by atoms with E-state index in [2.05, 4.69) is 178 Å². The first kappa shape index (κ1) is 49.2. The van der Waals surface area contributed by atoms with Crippen LogP contribution >= 0.6 is 34.0 Å². The van der Waals surface area contributed by atoms with Crippen LogP contribution in [0.2, 0.25) is 0 Å². The van der Waals surface area contributed by atoms with Crippen LogP contribution in [0.25, 0.3) is 62.9 Å². The fourth-order valence-electron chi connectivity index (χ4n) is 8.55. The van der Waals surface area contributed by atoms with E-state index >= 15 is 0 Å². The summed E-state index contributed by atoms with van der Waals surface area (Å²) in [5.74, 6) is 0. The van der Waals surface area contributed by atoms with Gasteiger partial charge in [0, 0.05) is 75.8 Å². The molecule has 0 aliphatic heterocycles. The summed E-state index contributed by atoms with van der Waals surface area (Å²) in [5.41, 5.74) is 11.1. The number of hydrogen-bond acceptors (Lipinski definition) is 7. The third-order valence-electron chi connectivity index (χ3n) is 12.7. The molecule has 7 heteroatoms. The van der Waals surface area contributed by atoms with Gasteiger partial charge in [-0.1, -0.05) is 116 Å². The molecule has 4 heterocycles. The van der Waals surface area contributed by atoms with Gasteiger partial charge in [-0.3, -0.25) is 0 Å². The van der Waals surface area contributed by atoms with Gasteiger partial charge in [0.05, 0.1) is 21.1 Å². The fraction of sp³-hybridized carbons (Fsp3) is 0.407. The molecule has 4 nitrogen and oxygen atoms in total. The van der Waals surface area contributed by atoms with Crippen LogP contribution in [0.3, 0.4) is 0 Å². The molecule has 4 aromatic heterocycles. The average molecular weight is 935 g/mol. The Morgan fingerprint density at radius 1 is 0.303 bits per heavy atom. The van der Waals surface area contributed by atoms with E-state index in [0.717, 1.165) is 50.7 Å². The first-order valence-corrected chi connectivity index (χ1v) is 27.8. The van der Waals surface area contributed by atoms with E-state index in [1.165, 1.54) is 146 Å². The highest BCUT2D eigenvalue weighted by Crippen LogP contribution is 2.42. The number of nitrogens with zero attached hydrogens (tertiary/aromatic N) is 4. The van der Waals surface area contributed by atoms with E-state index in [9.17, 15) is 0 Å². The number of aromatic nitrogens is 1. The summed E-state index contributed by atoms with van der Waals surface area (Å²) < 4.78 is 0. The highest BCUT2D eigenvalue weighted by atomic mass is 32.1. The Hall–Kier alpha value is -4.69. The van der Waals surface area contributed by atoms with Crippen molar-refractivity contribution in [1.29, 1.82) is 0 Å². The summed E-state index contributed by atoms with van der Waals surface area (Å²) in [6, 6.07) is 46.2. The lowest BCUT2D eigenvalue weighted by molar-refractivity contribution is 0.678. The van der Waals surface area contributed by atoms with Gasteiger partial charge in [0.2, 0.25) is 0 Å². The molecule has 3 aromatic carbocycles.